The summed E-state index contributed by atoms with van der Waals surface area (Å²) in [7, 11) is 0. The van der Waals surface area contributed by atoms with Crippen molar-refractivity contribution < 1.29 is 4.74 Å². The van der Waals surface area contributed by atoms with Gasteiger partial charge in [-0.15, -0.1) is 0 Å². The summed E-state index contributed by atoms with van der Waals surface area (Å²) in [6.07, 6.45) is 6.85. The predicted molar refractivity (Wildman–Crippen MR) is 87.7 cm³/mol. The first kappa shape index (κ1) is 15.1. The van der Waals surface area contributed by atoms with Crippen molar-refractivity contribution in [2.75, 3.05) is 13.2 Å². The lowest BCUT2D eigenvalue weighted by molar-refractivity contribution is 0.0932. The van der Waals surface area contributed by atoms with Gasteiger partial charge in [0, 0.05) is 18.6 Å². The van der Waals surface area contributed by atoms with Gasteiger partial charge < -0.3 is 10.1 Å². The molecule has 1 aromatic rings. The zero-order chi connectivity index (χ0) is 14.7. The highest BCUT2D eigenvalue weighted by molar-refractivity contribution is 5.32. The quantitative estimate of drug-likeness (QED) is 0.887. The van der Waals surface area contributed by atoms with E-state index >= 15 is 0 Å². The smallest absolute Gasteiger partial charge is 0.0590 e. The van der Waals surface area contributed by atoms with Gasteiger partial charge in [-0.3, -0.25) is 0 Å². The van der Waals surface area contributed by atoms with Crippen molar-refractivity contribution in [2.45, 2.75) is 64.0 Å². The van der Waals surface area contributed by atoms with Crippen LogP contribution in [0.2, 0.25) is 0 Å². The summed E-state index contributed by atoms with van der Waals surface area (Å²) in [5.74, 6) is 1.41. The molecular weight excluding hydrogens is 258 g/mol. The molecule has 3 rings (SSSR count). The molecule has 4 atom stereocenters. The van der Waals surface area contributed by atoms with Crippen molar-refractivity contribution >= 4 is 0 Å². The molecule has 0 amide bonds. The fourth-order valence-electron chi connectivity index (χ4n) is 4.35. The van der Waals surface area contributed by atoms with E-state index in [4.69, 9.17) is 4.74 Å². The number of benzene rings is 1. The topological polar surface area (TPSA) is 21.3 Å². The summed E-state index contributed by atoms with van der Waals surface area (Å²) < 4.78 is 5.81. The Morgan fingerprint density at radius 2 is 2.14 bits per heavy atom. The Balaban J connectivity index is 1.74. The van der Waals surface area contributed by atoms with Crippen LogP contribution in [0.1, 0.15) is 56.6 Å². The van der Waals surface area contributed by atoms with Crippen LogP contribution in [0.25, 0.3) is 0 Å². The Kier molecular flexibility index (Phi) is 4.97. The molecule has 2 heteroatoms. The van der Waals surface area contributed by atoms with E-state index in [9.17, 15) is 0 Å². The molecule has 2 aliphatic rings. The van der Waals surface area contributed by atoms with Crippen molar-refractivity contribution in [3.8, 4) is 0 Å². The van der Waals surface area contributed by atoms with Crippen LogP contribution in [0.3, 0.4) is 0 Å². The SMILES string of the molecule is CCNC(CC1CCCc2ccccc21)C1CCOC1C. The first-order valence-corrected chi connectivity index (χ1v) is 8.72. The van der Waals surface area contributed by atoms with Gasteiger partial charge in [0.25, 0.3) is 0 Å². The standard InChI is InChI=1S/C19H29NO/c1-3-20-19(17-11-12-21-14(17)2)13-16-9-6-8-15-7-4-5-10-18(15)16/h4-5,7,10,14,16-17,19-20H,3,6,8-9,11-13H2,1-2H3. The van der Waals surface area contributed by atoms with Crippen LogP contribution < -0.4 is 5.32 Å². The highest BCUT2D eigenvalue weighted by atomic mass is 16.5. The molecular formula is C19H29NO. The third-order valence-electron chi connectivity index (χ3n) is 5.45. The summed E-state index contributed by atoms with van der Waals surface area (Å²) >= 11 is 0. The van der Waals surface area contributed by atoms with Crippen LogP contribution in [-0.4, -0.2) is 25.3 Å². The Hall–Kier alpha value is -0.860. The molecule has 1 aliphatic heterocycles. The van der Waals surface area contributed by atoms with E-state index in [0.717, 1.165) is 19.1 Å². The Morgan fingerprint density at radius 3 is 2.90 bits per heavy atom. The van der Waals surface area contributed by atoms with E-state index in [-0.39, 0.29) is 0 Å². The van der Waals surface area contributed by atoms with Crippen LogP contribution in [0.15, 0.2) is 24.3 Å². The minimum Gasteiger partial charge on any atom is -0.378 e. The number of aryl methyl sites for hydroxylation is 1. The number of rotatable bonds is 5. The second kappa shape index (κ2) is 6.93. The first-order valence-electron chi connectivity index (χ1n) is 8.72. The van der Waals surface area contributed by atoms with Crippen molar-refractivity contribution in [3.63, 3.8) is 0 Å². The summed E-state index contributed by atoms with van der Waals surface area (Å²) in [4.78, 5) is 0. The molecule has 4 unspecified atom stereocenters. The summed E-state index contributed by atoms with van der Waals surface area (Å²) in [5, 5.41) is 3.75. The van der Waals surface area contributed by atoms with Gasteiger partial charge in [-0.05, 0) is 62.6 Å². The molecule has 1 N–H and O–H groups in total. The average Bonchev–Trinajstić information content (AvgIpc) is 2.93. The van der Waals surface area contributed by atoms with Crippen LogP contribution in [0.5, 0.6) is 0 Å². The average molecular weight is 287 g/mol. The monoisotopic (exact) mass is 287 g/mol. The maximum Gasteiger partial charge on any atom is 0.0590 e. The molecule has 21 heavy (non-hydrogen) atoms. The van der Waals surface area contributed by atoms with Crippen molar-refractivity contribution in [1.29, 1.82) is 0 Å². The Bertz CT molecular complexity index is 459. The highest BCUT2D eigenvalue weighted by Gasteiger charge is 2.33. The third kappa shape index (κ3) is 3.32. The molecule has 0 bridgehead atoms. The lowest BCUT2D eigenvalue weighted by Crippen LogP contribution is -2.40. The van der Waals surface area contributed by atoms with Crippen molar-refractivity contribution in [1.82, 2.24) is 5.32 Å². The maximum atomic E-state index is 5.81. The van der Waals surface area contributed by atoms with Gasteiger partial charge in [-0.1, -0.05) is 31.2 Å². The van der Waals surface area contributed by atoms with Gasteiger partial charge >= 0.3 is 0 Å². The minimum absolute atomic E-state index is 0.410. The highest BCUT2D eigenvalue weighted by Crippen LogP contribution is 2.37. The van der Waals surface area contributed by atoms with Gasteiger partial charge in [0.15, 0.2) is 0 Å². The number of ether oxygens (including phenoxy) is 1. The molecule has 116 valence electrons. The second-order valence-corrected chi connectivity index (χ2v) is 6.72. The molecule has 2 nitrogen and oxygen atoms in total. The molecule has 1 aromatic carbocycles. The fourth-order valence-corrected chi connectivity index (χ4v) is 4.35. The van der Waals surface area contributed by atoms with E-state index in [1.807, 2.05) is 0 Å². The third-order valence-corrected chi connectivity index (χ3v) is 5.45. The lowest BCUT2D eigenvalue weighted by atomic mass is 9.77. The number of fused-ring (bicyclic) bond motifs is 1. The fraction of sp³-hybridized carbons (Fsp3) is 0.684. The minimum atomic E-state index is 0.410. The molecule has 0 radical (unpaired) electrons. The normalized spacial score (nSPS) is 30.1. The number of hydrogen-bond acceptors (Lipinski definition) is 2. The molecule has 0 aromatic heterocycles. The molecule has 1 fully saturated rings. The van der Waals surface area contributed by atoms with Gasteiger partial charge in [0.05, 0.1) is 6.10 Å². The van der Waals surface area contributed by atoms with E-state index in [2.05, 4.69) is 43.4 Å². The van der Waals surface area contributed by atoms with Gasteiger partial charge in [0.1, 0.15) is 0 Å². The predicted octanol–water partition coefficient (Wildman–Crippen LogP) is 3.90. The van der Waals surface area contributed by atoms with E-state index in [1.54, 1.807) is 11.1 Å². The number of nitrogens with one attached hydrogen (secondary N) is 1. The van der Waals surface area contributed by atoms with E-state index in [0.29, 0.717) is 18.1 Å². The van der Waals surface area contributed by atoms with Crippen LogP contribution in [0.4, 0.5) is 0 Å². The van der Waals surface area contributed by atoms with Gasteiger partial charge in [-0.2, -0.15) is 0 Å². The van der Waals surface area contributed by atoms with Gasteiger partial charge in [-0.25, -0.2) is 0 Å². The molecule has 1 saturated heterocycles. The van der Waals surface area contributed by atoms with Crippen LogP contribution >= 0.6 is 0 Å². The second-order valence-electron chi connectivity index (χ2n) is 6.72. The van der Waals surface area contributed by atoms with Crippen LogP contribution in [0, 0.1) is 5.92 Å². The summed E-state index contributed by atoms with van der Waals surface area (Å²) in [6, 6.07) is 9.68. The number of hydrogen-bond donors (Lipinski definition) is 1. The lowest BCUT2D eigenvalue weighted by Gasteiger charge is -2.33. The molecule has 0 saturated carbocycles. The first-order chi connectivity index (χ1) is 10.3. The van der Waals surface area contributed by atoms with E-state index < -0.39 is 0 Å². The Morgan fingerprint density at radius 1 is 1.29 bits per heavy atom. The molecule has 1 heterocycles. The van der Waals surface area contributed by atoms with Crippen molar-refractivity contribution in [3.05, 3.63) is 35.4 Å². The zero-order valence-corrected chi connectivity index (χ0v) is 13.5. The zero-order valence-electron chi connectivity index (χ0n) is 13.5. The molecule has 0 spiro atoms. The largest absolute Gasteiger partial charge is 0.378 e. The van der Waals surface area contributed by atoms with Crippen LogP contribution in [-0.2, 0) is 11.2 Å². The molecule has 1 aliphatic carbocycles. The maximum absolute atomic E-state index is 5.81. The van der Waals surface area contributed by atoms with Gasteiger partial charge in [0.2, 0.25) is 0 Å². The summed E-state index contributed by atoms with van der Waals surface area (Å²) in [5.41, 5.74) is 3.19. The van der Waals surface area contributed by atoms with E-state index in [1.165, 1.54) is 32.1 Å². The Labute approximate surface area is 129 Å². The summed E-state index contributed by atoms with van der Waals surface area (Å²) in [6.45, 7) is 6.47. The van der Waals surface area contributed by atoms with Crippen molar-refractivity contribution in [2.24, 2.45) is 5.92 Å².